The first-order chi connectivity index (χ1) is 10.8. The van der Waals surface area contributed by atoms with Gasteiger partial charge in [-0.3, -0.25) is 4.79 Å². The summed E-state index contributed by atoms with van der Waals surface area (Å²) in [6, 6.07) is 21.3. The van der Waals surface area contributed by atoms with Crippen LogP contribution in [0.3, 0.4) is 0 Å². The highest BCUT2D eigenvalue weighted by Gasteiger charge is 2.30. The molecule has 0 aromatic heterocycles. The molecule has 1 saturated carbocycles. The van der Waals surface area contributed by atoms with Crippen LogP contribution in [-0.4, -0.2) is 5.78 Å². The van der Waals surface area contributed by atoms with Gasteiger partial charge in [-0.05, 0) is 42.7 Å². The van der Waals surface area contributed by atoms with Crippen LogP contribution in [0.4, 0.5) is 0 Å². The summed E-state index contributed by atoms with van der Waals surface area (Å²) in [4.78, 5) is 12.4. The van der Waals surface area contributed by atoms with Crippen molar-refractivity contribution in [3.63, 3.8) is 0 Å². The molecular formula is C21H24O. The molecule has 0 saturated heterocycles. The number of carbonyl (C=O) groups excluding carboxylic acids is 1. The summed E-state index contributed by atoms with van der Waals surface area (Å²) >= 11 is 0. The van der Waals surface area contributed by atoms with Crippen molar-refractivity contribution < 1.29 is 4.79 Å². The van der Waals surface area contributed by atoms with Gasteiger partial charge in [0.15, 0.2) is 0 Å². The smallest absolute Gasteiger partial charge is 0.136 e. The van der Waals surface area contributed by atoms with E-state index in [0.29, 0.717) is 11.7 Å². The van der Waals surface area contributed by atoms with E-state index in [2.05, 4.69) is 60.7 Å². The second-order valence-corrected chi connectivity index (χ2v) is 6.36. The maximum Gasteiger partial charge on any atom is 0.136 e. The van der Waals surface area contributed by atoms with Crippen molar-refractivity contribution in [1.29, 1.82) is 0 Å². The quantitative estimate of drug-likeness (QED) is 0.743. The predicted octanol–water partition coefficient (Wildman–Crippen LogP) is 5.16. The van der Waals surface area contributed by atoms with Crippen molar-refractivity contribution in [3.05, 3.63) is 71.8 Å². The lowest BCUT2D eigenvalue weighted by atomic mass is 9.74. The zero-order valence-electron chi connectivity index (χ0n) is 13.1. The topological polar surface area (TPSA) is 17.1 Å². The Kier molecular flexibility index (Phi) is 5.05. The van der Waals surface area contributed by atoms with Crippen LogP contribution in [-0.2, 0) is 11.2 Å². The van der Waals surface area contributed by atoms with Gasteiger partial charge in [-0.15, -0.1) is 0 Å². The van der Waals surface area contributed by atoms with Crippen LogP contribution in [0.25, 0.3) is 0 Å². The number of benzene rings is 2. The number of rotatable bonds is 5. The Morgan fingerprint density at radius 2 is 1.59 bits per heavy atom. The Morgan fingerprint density at radius 3 is 2.27 bits per heavy atom. The molecule has 3 rings (SSSR count). The monoisotopic (exact) mass is 292 g/mol. The summed E-state index contributed by atoms with van der Waals surface area (Å²) in [6.07, 6.45) is 6.22. The fraction of sp³-hybridized carbons (Fsp3) is 0.381. The minimum absolute atomic E-state index is 0.222. The fourth-order valence-corrected chi connectivity index (χ4v) is 3.70. The third-order valence-electron chi connectivity index (χ3n) is 4.90. The summed E-state index contributed by atoms with van der Waals surface area (Å²) in [6.45, 7) is 0. The molecule has 2 unspecified atom stereocenters. The zero-order chi connectivity index (χ0) is 15.2. The summed E-state index contributed by atoms with van der Waals surface area (Å²) in [7, 11) is 0. The number of ketones is 1. The van der Waals surface area contributed by atoms with E-state index < -0.39 is 0 Å². The fourth-order valence-electron chi connectivity index (χ4n) is 3.70. The van der Waals surface area contributed by atoms with E-state index in [0.717, 1.165) is 32.1 Å². The Balaban J connectivity index is 1.78. The Hall–Kier alpha value is -1.89. The lowest BCUT2D eigenvalue weighted by Gasteiger charge is -2.29. The van der Waals surface area contributed by atoms with Gasteiger partial charge in [-0.1, -0.05) is 67.1 Å². The highest BCUT2D eigenvalue weighted by Crippen LogP contribution is 2.37. The van der Waals surface area contributed by atoms with E-state index in [9.17, 15) is 4.79 Å². The lowest BCUT2D eigenvalue weighted by molar-refractivity contribution is -0.125. The SMILES string of the molecule is O=C1CCCCC1C(CCc1ccccc1)c1ccccc1. The van der Waals surface area contributed by atoms with Crippen LogP contribution >= 0.6 is 0 Å². The molecule has 0 amide bonds. The second-order valence-electron chi connectivity index (χ2n) is 6.36. The standard InChI is InChI=1S/C21H24O/c22-21-14-8-7-13-20(21)19(18-11-5-2-6-12-18)16-15-17-9-3-1-4-10-17/h1-6,9-12,19-20H,7-8,13-16H2. The van der Waals surface area contributed by atoms with Gasteiger partial charge >= 0.3 is 0 Å². The number of hydrogen-bond donors (Lipinski definition) is 0. The molecule has 0 aliphatic heterocycles. The Morgan fingerprint density at radius 1 is 0.909 bits per heavy atom. The molecule has 1 nitrogen and oxygen atoms in total. The number of carbonyl (C=O) groups is 1. The van der Waals surface area contributed by atoms with Gasteiger partial charge in [0.05, 0.1) is 0 Å². The van der Waals surface area contributed by atoms with Crippen molar-refractivity contribution in [3.8, 4) is 0 Å². The molecule has 22 heavy (non-hydrogen) atoms. The first-order valence-corrected chi connectivity index (χ1v) is 8.46. The van der Waals surface area contributed by atoms with Gasteiger partial charge in [-0.2, -0.15) is 0 Å². The van der Waals surface area contributed by atoms with Crippen LogP contribution < -0.4 is 0 Å². The molecule has 2 aromatic carbocycles. The molecule has 2 atom stereocenters. The van der Waals surface area contributed by atoms with Gasteiger partial charge in [0.1, 0.15) is 5.78 Å². The van der Waals surface area contributed by atoms with E-state index in [1.165, 1.54) is 17.5 Å². The van der Waals surface area contributed by atoms with Crippen molar-refractivity contribution in [2.45, 2.75) is 44.4 Å². The Bertz CT molecular complexity index is 588. The van der Waals surface area contributed by atoms with Crippen LogP contribution in [0.15, 0.2) is 60.7 Å². The summed E-state index contributed by atoms with van der Waals surface area (Å²) in [5, 5.41) is 0. The van der Waals surface area contributed by atoms with Crippen molar-refractivity contribution in [2.24, 2.45) is 5.92 Å². The second kappa shape index (κ2) is 7.40. The van der Waals surface area contributed by atoms with Gasteiger partial charge < -0.3 is 0 Å². The molecule has 1 fully saturated rings. The third kappa shape index (κ3) is 3.65. The van der Waals surface area contributed by atoms with E-state index in [4.69, 9.17) is 0 Å². The van der Waals surface area contributed by atoms with Crippen molar-refractivity contribution >= 4 is 5.78 Å². The molecular weight excluding hydrogens is 268 g/mol. The average Bonchev–Trinajstić information content (AvgIpc) is 2.58. The molecule has 114 valence electrons. The minimum atomic E-state index is 0.222. The number of aryl methyl sites for hydroxylation is 1. The summed E-state index contributed by atoms with van der Waals surface area (Å²) in [5.74, 6) is 1.07. The minimum Gasteiger partial charge on any atom is -0.299 e. The van der Waals surface area contributed by atoms with Gasteiger partial charge in [-0.25, -0.2) is 0 Å². The molecule has 0 heterocycles. The molecule has 2 aromatic rings. The van der Waals surface area contributed by atoms with E-state index in [-0.39, 0.29) is 5.92 Å². The van der Waals surface area contributed by atoms with Crippen molar-refractivity contribution in [2.75, 3.05) is 0 Å². The highest BCUT2D eigenvalue weighted by atomic mass is 16.1. The molecule has 0 spiro atoms. The average molecular weight is 292 g/mol. The van der Waals surface area contributed by atoms with Gasteiger partial charge in [0.25, 0.3) is 0 Å². The first-order valence-electron chi connectivity index (χ1n) is 8.46. The van der Waals surface area contributed by atoms with Crippen LogP contribution in [0, 0.1) is 5.92 Å². The third-order valence-corrected chi connectivity index (χ3v) is 4.90. The maximum absolute atomic E-state index is 12.4. The summed E-state index contributed by atoms with van der Waals surface area (Å²) in [5.41, 5.74) is 2.70. The molecule has 1 aliphatic rings. The normalized spacial score (nSPS) is 19.8. The number of hydrogen-bond acceptors (Lipinski definition) is 1. The van der Waals surface area contributed by atoms with Gasteiger partial charge in [0, 0.05) is 12.3 Å². The van der Waals surface area contributed by atoms with E-state index in [1.807, 2.05) is 0 Å². The molecule has 0 bridgehead atoms. The van der Waals surface area contributed by atoms with E-state index >= 15 is 0 Å². The first kappa shape index (κ1) is 15.0. The maximum atomic E-state index is 12.4. The molecule has 0 N–H and O–H groups in total. The van der Waals surface area contributed by atoms with Crippen LogP contribution in [0.5, 0.6) is 0 Å². The van der Waals surface area contributed by atoms with Crippen LogP contribution in [0.2, 0.25) is 0 Å². The van der Waals surface area contributed by atoms with Gasteiger partial charge in [0.2, 0.25) is 0 Å². The molecule has 1 heteroatoms. The molecule has 1 aliphatic carbocycles. The summed E-state index contributed by atoms with van der Waals surface area (Å²) < 4.78 is 0. The van der Waals surface area contributed by atoms with E-state index in [1.54, 1.807) is 0 Å². The van der Waals surface area contributed by atoms with Crippen LogP contribution in [0.1, 0.15) is 49.1 Å². The number of Topliss-reactive ketones (excluding diaryl/α,β-unsaturated/α-hetero) is 1. The predicted molar refractivity (Wildman–Crippen MR) is 90.9 cm³/mol. The largest absolute Gasteiger partial charge is 0.299 e. The highest BCUT2D eigenvalue weighted by molar-refractivity contribution is 5.82. The lowest BCUT2D eigenvalue weighted by Crippen LogP contribution is -2.26. The Labute approximate surface area is 133 Å². The molecule has 0 radical (unpaired) electrons. The van der Waals surface area contributed by atoms with Crippen molar-refractivity contribution in [1.82, 2.24) is 0 Å². The zero-order valence-corrected chi connectivity index (χ0v) is 13.1.